The number of aromatic nitrogens is 2. The number of rotatable bonds is 3. The van der Waals surface area contributed by atoms with Crippen molar-refractivity contribution in [3.63, 3.8) is 0 Å². The zero-order valence-electron chi connectivity index (χ0n) is 12.5. The highest BCUT2D eigenvalue weighted by Crippen LogP contribution is 2.34. The lowest BCUT2D eigenvalue weighted by Gasteiger charge is -2.23. The fraction of sp³-hybridized carbons (Fsp3) is 0.467. The van der Waals surface area contributed by atoms with E-state index < -0.39 is 0 Å². The van der Waals surface area contributed by atoms with Gasteiger partial charge in [-0.2, -0.15) is 0 Å². The van der Waals surface area contributed by atoms with Gasteiger partial charge in [-0.3, -0.25) is 0 Å². The van der Waals surface area contributed by atoms with Gasteiger partial charge in [0.1, 0.15) is 5.82 Å². The summed E-state index contributed by atoms with van der Waals surface area (Å²) in [5.74, 6) is -0.222. The first-order valence-electron chi connectivity index (χ1n) is 6.60. The van der Waals surface area contributed by atoms with Gasteiger partial charge in [-0.25, -0.2) is 4.39 Å². The molecule has 0 fully saturated rings. The molecule has 2 aromatic rings. The Morgan fingerprint density at radius 3 is 2.60 bits per heavy atom. The quantitative estimate of drug-likeness (QED) is 0.939. The van der Waals surface area contributed by atoms with Crippen LogP contribution in [0.25, 0.3) is 0 Å². The molecule has 0 bridgehead atoms. The summed E-state index contributed by atoms with van der Waals surface area (Å²) in [4.78, 5) is 1.05. The van der Waals surface area contributed by atoms with Crippen molar-refractivity contribution in [3.8, 4) is 0 Å². The highest BCUT2D eigenvalue weighted by atomic mass is 32.1. The Kier molecular flexibility index (Phi) is 4.20. The van der Waals surface area contributed by atoms with Crippen molar-refractivity contribution in [1.29, 1.82) is 0 Å². The van der Waals surface area contributed by atoms with Gasteiger partial charge in [0.15, 0.2) is 0 Å². The summed E-state index contributed by atoms with van der Waals surface area (Å²) in [7, 11) is 1.88. The topological polar surface area (TPSA) is 37.8 Å². The smallest absolute Gasteiger partial charge is 0.123 e. The predicted molar refractivity (Wildman–Crippen MR) is 80.6 cm³/mol. The van der Waals surface area contributed by atoms with Gasteiger partial charge in [-0.1, -0.05) is 31.3 Å². The van der Waals surface area contributed by atoms with Crippen LogP contribution in [0.5, 0.6) is 0 Å². The molecule has 20 heavy (non-hydrogen) atoms. The lowest BCUT2D eigenvalue weighted by atomic mass is 9.88. The van der Waals surface area contributed by atoms with E-state index in [4.69, 9.17) is 0 Å². The van der Waals surface area contributed by atoms with E-state index in [1.807, 2.05) is 14.0 Å². The first kappa shape index (κ1) is 15.1. The van der Waals surface area contributed by atoms with E-state index in [1.54, 1.807) is 12.1 Å². The Morgan fingerprint density at radius 2 is 2.00 bits per heavy atom. The minimum atomic E-state index is -0.222. The fourth-order valence-electron chi connectivity index (χ4n) is 2.26. The van der Waals surface area contributed by atoms with E-state index in [2.05, 4.69) is 35.7 Å². The van der Waals surface area contributed by atoms with Crippen molar-refractivity contribution in [2.45, 2.75) is 39.2 Å². The minimum absolute atomic E-state index is 0.0834. The average Bonchev–Trinajstić information content (AvgIpc) is 2.83. The summed E-state index contributed by atoms with van der Waals surface area (Å²) in [6.07, 6.45) is 0. The van der Waals surface area contributed by atoms with E-state index in [1.165, 1.54) is 17.6 Å². The number of nitrogens with one attached hydrogen (secondary N) is 1. The van der Waals surface area contributed by atoms with Gasteiger partial charge in [0.05, 0.1) is 16.6 Å². The number of halogens is 1. The van der Waals surface area contributed by atoms with E-state index in [9.17, 15) is 4.39 Å². The molecule has 0 radical (unpaired) electrons. The number of aryl methyl sites for hydroxylation is 1. The average molecular weight is 293 g/mol. The third-order valence-electron chi connectivity index (χ3n) is 3.33. The van der Waals surface area contributed by atoms with E-state index >= 15 is 0 Å². The number of nitrogens with zero attached hydrogens (tertiary/aromatic N) is 2. The molecule has 108 valence electrons. The van der Waals surface area contributed by atoms with Crippen molar-refractivity contribution < 1.29 is 4.39 Å². The molecule has 0 saturated heterocycles. The van der Waals surface area contributed by atoms with Crippen LogP contribution in [-0.2, 0) is 5.41 Å². The van der Waals surface area contributed by atoms with Crippen molar-refractivity contribution >= 4 is 11.5 Å². The molecule has 0 aliphatic heterocycles. The first-order valence-corrected chi connectivity index (χ1v) is 7.38. The summed E-state index contributed by atoms with van der Waals surface area (Å²) >= 11 is 1.37. The third-order valence-corrected chi connectivity index (χ3v) is 4.12. The van der Waals surface area contributed by atoms with Crippen molar-refractivity contribution in [3.05, 3.63) is 45.7 Å². The van der Waals surface area contributed by atoms with Gasteiger partial charge in [-0.15, -0.1) is 5.10 Å². The van der Waals surface area contributed by atoms with Gasteiger partial charge in [0.2, 0.25) is 0 Å². The van der Waals surface area contributed by atoms with Crippen LogP contribution in [0.1, 0.15) is 48.5 Å². The van der Waals surface area contributed by atoms with E-state index in [0.717, 1.165) is 21.7 Å². The van der Waals surface area contributed by atoms with Gasteiger partial charge in [-0.05, 0) is 48.8 Å². The van der Waals surface area contributed by atoms with Crippen LogP contribution in [0.4, 0.5) is 4.39 Å². The zero-order valence-corrected chi connectivity index (χ0v) is 13.3. The van der Waals surface area contributed by atoms with Crippen molar-refractivity contribution in [2.75, 3.05) is 7.05 Å². The highest BCUT2D eigenvalue weighted by Gasteiger charge is 2.28. The van der Waals surface area contributed by atoms with Crippen LogP contribution in [-0.4, -0.2) is 16.6 Å². The zero-order chi connectivity index (χ0) is 14.9. The second-order valence-corrected chi connectivity index (χ2v) is 6.74. The van der Waals surface area contributed by atoms with Crippen LogP contribution in [0.15, 0.2) is 18.2 Å². The molecule has 5 heteroatoms. The maximum atomic E-state index is 13.6. The molecule has 0 spiro atoms. The first-order chi connectivity index (χ1) is 9.34. The lowest BCUT2D eigenvalue weighted by Crippen LogP contribution is -2.23. The Morgan fingerprint density at radius 1 is 1.30 bits per heavy atom. The Bertz CT molecular complexity index is 601. The maximum absolute atomic E-state index is 13.6. The van der Waals surface area contributed by atoms with Crippen LogP contribution in [0, 0.1) is 12.7 Å². The molecule has 1 N–H and O–H groups in total. The highest BCUT2D eigenvalue weighted by molar-refractivity contribution is 7.05. The molecule has 2 rings (SSSR count). The largest absolute Gasteiger partial charge is 0.309 e. The van der Waals surface area contributed by atoms with Crippen molar-refractivity contribution in [2.24, 2.45) is 0 Å². The standard InChI is InChI=1S/C15H20FN3S/c1-9-6-7-10(16)8-11(9)12(17-5)13-14(15(2,3)4)18-19-20-13/h6-8,12,17H,1-5H3. The van der Waals surface area contributed by atoms with Gasteiger partial charge in [0, 0.05) is 5.41 Å². The van der Waals surface area contributed by atoms with Crippen molar-refractivity contribution in [1.82, 2.24) is 14.9 Å². The SMILES string of the molecule is CNC(c1cc(F)ccc1C)c1snnc1C(C)(C)C. The second-order valence-electron chi connectivity index (χ2n) is 5.96. The third kappa shape index (κ3) is 2.88. The van der Waals surface area contributed by atoms with E-state index in [-0.39, 0.29) is 17.3 Å². The normalized spacial score (nSPS) is 13.5. The van der Waals surface area contributed by atoms with Gasteiger partial charge < -0.3 is 5.32 Å². The summed E-state index contributed by atoms with van der Waals surface area (Å²) in [5.41, 5.74) is 2.87. The van der Waals surface area contributed by atoms with Crippen LogP contribution < -0.4 is 5.32 Å². The van der Waals surface area contributed by atoms with E-state index in [0.29, 0.717) is 0 Å². The number of benzene rings is 1. The molecule has 1 aromatic heterocycles. The molecule has 1 atom stereocenters. The maximum Gasteiger partial charge on any atom is 0.123 e. The minimum Gasteiger partial charge on any atom is -0.309 e. The molecule has 1 aromatic carbocycles. The molecule has 1 heterocycles. The summed E-state index contributed by atoms with van der Waals surface area (Å²) in [5, 5.41) is 7.53. The molecular formula is C15H20FN3S. The Hall–Kier alpha value is -1.33. The molecule has 3 nitrogen and oxygen atoms in total. The monoisotopic (exact) mass is 293 g/mol. The second kappa shape index (κ2) is 5.58. The number of hydrogen-bond acceptors (Lipinski definition) is 4. The van der Waals surface area contributed by atoms with Crippen LogP contribution in [0.2, 0.25) is 0 Å². The summed E-state index contributed by atoms with van der Waals surface area (Å²) in [6.45, 7) is 8.32. The molecule has 1 unspecified atom stereocenters. The Balaban J connectivity index is 2.54. The lowest BCUT2D eigenvalue weighted by molar-refractivity contribution is 0.548. The fourth-order valence-corrected chi connectivity index (χ4v) is 3.25. The Labute approximate surface area is 123 Å². The van der Waals surface area contributed by atoms with Crippen LogP contribution >= 0.6 is 11.5 Å². The van der Waals surface area contributed by atoms with Gasteiger partial charge in [0.25, 0.3) is 0 Å². The summed E-state index contributed by atoms with van der Waals surface area (Å²) in [6, 6.07) is 4.80. The molecule has 0 saturated carbocycles. The molecule has 0 amide bonds. The summed E-state index contributed by atoms with van der Waals surface area (Å²) < 4.78 is 17.7. The predicted octanol–water partition coefficient (Wildman–Crippen LogP) is 3.59. The molecule has 0 aliphatic rings. The molecular weight excluding hydrogens is 273 g/mol. The number of hydrogen-bond donors (Lipinski definition) is 1. The van der Waals surface area contributed by atoms with Crippen LogP contribution in [0.3, 0.4) is 0 Å². The molecule has 0 aliphatic carbocycles. The van der Waals surface area contributed by atoms with Gasteiger partial charge >= 0.3 is 0 Å².